The van der Waals surface area contributed by atoms with Crippen LogP contribution >= 0.6 is 0 Å². The molecule has 0 heterocycles. The van der Waals surface area contributed by atoms with Gasteiger partial charge in [0.1, 0.15) is 0 Å². The third-order valence-corrected chi connectivity index (χ3v) is 2.85. The molecule has 0 aliphatic heterocycles. The largest absolute Gasteiger partial charge is 0.335 e. The predicted octanol–water partition coefficient (Wildman–Crippen LogP) is 2.47. The Morgan fingerprint density at radius 1 is 1.39 bits per heavy atom. The van der Waals surface area contributed by atoms with Gasteiger partial charge in [0.05, 0.1) is 0 Å². The van der Waals surface area contributed by atoms with Gasteiger partial charge in [-0.15, -0.1) is 0 Å². The number of carbonyl (C=O) groups excluding carboxylic acids is 1. The summed E-state index contributed by atoms with van der Waals surface area (Å²) >= 11 is 0. The van der Waals surface area contributed by atoms with E-state index in [0.29, 0.717) is 6.04 Å². The third kappa shape index (κ3) is 4.37. The Labute approximate surface area is 108 Å². The quantitative estimate of drug-likeness (QED) is 0.676. The highest BCUT2D eigenvalue weighted by Crippen LogP contribution is 2.19. The minimum absolute atomic E-state index is 0.101. The highest BCUT2D eigenvalue weighted by molar-refractivity contribution is 5.89. The maximum absolute atomic E-state index is 11.6. The molecule has 1 aliphatic rings. The summed E-state index contributed by atoms with van der Waals surface area (Å²) in [5, 5.41) is 9.12. The van der Waals surface area contributed by atoms with Gasteiger partial charge in [0.2, 0.25) is 0 Å². The van der Waals surface area contributed by atoms with Crippen LogP contribution in [0.2, 0.25) is 0 Å². The number of anilines is 1. The summed E-state index contributed by atoms with van der Waals surface area (Å²) < 4.78 is 0. The van der Waals surface area contributed by atoms with Crippen molar-refractivity contribution >= 4 is 11.7 Å². The number of amides is 2. The van der Waals surface area contributed by atoms with Gasteiger partial charge in [0, 0.05) is 18.3 Å². The van der Waals surface area contributed by atoms with Crippen molar-refractivity contribution in [2.75, 3.05) is 11.9 Å². The molecule has 1 aliphatic carbocycles. The lowest BCUT2D eigenvalue weighted by Crippen LogP contribution is -2.30. The summed E-state index contributed by atoms with van der Waals surface area (Å²) in [7, 11) is 0. The molecule has 0 atom stereocenters. The first-order valence-corrected chi connectivity index (χ1v) is 6.65. The second kappa shape index (κ2) is 6.40. The number of benzene rings is 1. The first-order chi connectivity index (χ1) is 8.78. The third-order valence-electron chi connectivity index (χ3n) is 2.85. The van der Waals surface area contributed by atoms with Gasteiger partial charge in [-0.2, -0.15) is 0 Å². The fourth-order valence-corrected chi connectivity index (χ4v) is 1.75. The molecule has 2 rings (SSSR count). The maximum atomic E-state index is 11.6. The van der Waals surface area contributed by atoms with Crippen LogP contribution in [0.1, 0.15) is 31.7 Å². The fraction of sp³-hybridized carbons (Fsp3) is 0.500. The lowest BCUT2D eigenvalue weighted by Gasteiger charge is -2.09. The predicted molar refractivity (Wildman–Crippen MR) is 73.6 cm³/mol. The van der Waals surface area contributed by atoms with E-state index in [1.807, 2.05) is 18.2 Å². The van der Waals surface area contributed by atoms with Gasteiger partial charge < -0.3 is 16.0 Å². The van der Waals surface area contributed by atoms with Crippen LogP contribution in [0.4, 0.5) is 10.5 Å². The smallest absolute Gasteiger partial charge is 0.319 e. The van der Waals surface area contributed by atoms with E-state index in [1.165, 1.54) is 5.56 Å². The van der Waals surface area contributed by atoms with Gasteiger partial charge in [-0.25, -0.2) is 4.79 Å². The van der Waals surface area contributed by atoms with Crippen molar-refractivity contribution in [2.45, 2.75) is 38.8 Å². The number of carbonyl (C=O) groups is 1. The van der Waals surface area contributed by atoms with Crippen molar-refractivity contribution < 1.29 is 4.79 Å². The molecule has 0 saturated heterocycles. The van der Waals surface area contributed by atoms with Crippen LogP contribution in [0.25, 0.3) is 0 Å². The van der Waals surface area contributed by atoms with Crippen molar-refractivity contribution in [1.29, 1.82) is 0 Å². The number of hydrogen-bond donors (Lipinski definition) is 3. The average Bonchev–Trinajstić information content (AvgIpc) is 3.13. The number of nitrogens with one attached hydrogen (secondary N) is 3. The summed E-state index contributed by atoms with van der Waals surface area (Å²) in [6.45, 7) is 4.00. The summed E-state index contributed by atoms with van der Waals surface area (Å²) in [4.78, 5) is 11.6. The second-order valence-electron chi connectivity index (χ2n) is 4.75. The molecule has 1 aromatic carbocycles. The summed E-state index contributed by atoms with van der Waals surface area (Å²) in [5.74, 6) is 0. The van der Waals surface area contributed by atoms with E-state index >= 15 is 0 Å². The minimum Gasteiger partial charge on any atom is -0.335 e. The zero-order valence-electron chi connectivity index (χ0n) is 10.8. The number of urea groups is 1. The molecule has 1 aromatic rings. The van der Waals surface area contributed by atoms with Gasteiger partial charge in [-0.1, -0.05) is 19.1 Å². The van der Waals surface area contributed by atoms with Crippen molar-refractivity contribution in [2.24, 2.45) is 0 Å². The van der Waals surface area contributed by atoms with Crippen molar-refractivity contribution in [3.05, 3.63) is 29.8 Å². The van der Waals surface area contributed by atoms with Gasteiger partial charge in [-0.3, -0.25) is 0 Å². The van der Waals surface area contributed by atoms with Gasteiger partial charge in [0.15, 0.2) is 0 Å². The highest BCUT2D eigenvalue weighted by Gasteiger charge is 2.23. The van der Waals surface area contributed by atoms with Crippen LogP contribution in [-0.4, -0.2) is 18.6 Å². The van der Waals surface area contributed by atoms with E-state index in [4.69, 9.17) is 0 Å². The topological polar surface area (TPSA) is 53.2 Å². The average molecular weight is 247 g/mol. The first kappa shape index (κ1) is 12.9. The lowest BCUT2D eigenvalue weighted by molar-refractivity contribution is 0.251. The molecular weight excluding hydrogens is 226 g/mol. The molecule has 4 nitrogen and oxygen atoms in total. The first-order valence-electron chi connectivity index (χ1n) is 6.65. The molecule has 0 bridgehead atoms. The monoisotopic (exact) mass is 247 g/mol. The second-order valence-corrected chi connectivity index (χ2v) is 4.75. The summed E-state index contributed by atoms with van der Waals surface area (Å²) in [5.41, 5.74) is 2.04. The molecule has 3 N–H and O–H groups in total. The van der Waals surface area contributed by atoms with Crippen LogP contribution in [0.5, 0.6) is 0 Å². The van der Waals surface area contributed by atoms with Crippen molar-refractivity contribution in [1.82, 2.24) is 10.6 Å². The summed E-state index contributed by atoms with van der Waals surface area (Å²) in [6.07, 6.45) is 3.34. The van der Waals surface area contributed by atoms with Crippen LogP contribution in [-0.2, 0) is 6.54 Å². The minimum atomic E-state index is -0.101. The van der Waals surface area contributed by atoms with Crippen LogP contribution in [0, 0.1) is 0 Å². The van der Waals surface area contributed by atoms with E-state index in [9.17, 15) is 4.79 Å². The molecule has 0 spiro atoms. The fourth-order valence-electron chi connectivity index (χ4n) is 1.75. The molecule has 0 unspecified atom stereocenters. The van der Waals surface area contributed by atoms with Crippen LogP contribution in [0.15, 0.2) is 24.3 Å². The molecule has 0 aromatic heterocycles. The Bertz CT molecular complexity index is 402. The van der Waals surface area contributed by atoms with E-state index in [-0.39, 0.29) is 6.03 Å². The van der Waals surface area contributed by atoms with E-state index in [0.717, 1.165) is 38.0 Å². The van der Waals surface area contributed by atoms with Crippen LogP contribution < -0.4 is 16.0 Å². The zero-order valence-corrected chi connectivity index (χ0v) is 10.8. The molecule has 2 amide bonds. The molecule has 1 saturated carbocycles. The molecule has 0 radical (unpaired) electrons. The molecule has 98 valence electrons. The normalized spacial score (nSPS) is 14.3. The number of rotatable bonds is 6. The van der Waals surface area contributed by atoms with Gasteiger partial charge >= 0.3 is 6.03 Å². The van der Waals surface area contributed by atoms with Crippen molar-refractivity contribution in [3.8, 4) is 0 Å². The Morgan fingerprint density at radius 3 is 2.94 bits per heavy atom. The highest BCUT2D eigenvalue weighted by atomic mass is 16.2. The summed E-state index contributed by atoms with van der Waals surface area (Å²) in [6, 6.07) is 8.24. The molecular formula is C14H21N3O. The Morgan fingerprint density at radius 2 is 2.22 bits per heavy atom. The van der Waals surface area contributed by atoms with Crippen LogP contribution in [0.3, 0.4) is 0 Å². The maximum Gasteiger partial charge on any atom is 0.319 e. The molecule has 1 fully saturated rings. The Balaban J connectivity index is 1.83. The molecule has 4 heteroatoms. The van der Waals surface area contributed by atoms with E-state index in [2.05, 4.69) is 28.9 Å². The SMILES string of the molecule is CCCNCc1cccc(NC(=O)NC2CC2)c1. The van der Waals surface area contributed by atoms with Crippen molar-refractivity contribution in [3.63, 3.8) is 0 Å². The molecule has 18 heavy (non-hydrogen) atoms. The van der Waals surface area contributed by atoms with Gasteiger partial charge in [0.25, 0.3) is 0 Å². The number of hydrogen-bond acceptors (Lipinski definition) is 2. The Hall–Kier alpha value is -1.55. The van der Waals surface area contributed by atoms with Gasteiger partial charge in [-0.05, 0) is 43.5 Å². The van der Waals surface area contributed by atoms with E-state index < -0.39 is 0 Å². The standard InChI is InChI=1S/C14H21N3O/c1-2-8-15-10-11-4-3-5-13(9-11)17-14(18)16-12-6-7-12/h3-5,9,12,15H,2,6-8,10H2,1H3,(H2,16,17,18). The lowest BCUT2D eigenvalue weighted by atomic mass is 10.2. The Kier molecular flexibility index (Phi) is 4.59. The zero-order chi connectivity index (χ0) is 12.8. The van der Waals surface area contributed by atoms with E-state index in [1.54, 1.807) is 0 Å².